The van der Waals surface area contributed by atoms with Crippen molar-refractivity contribution >= 4 is 5.97 Å². The van der Waals surface area contributed by atoms with E-state index < -0.39 is 5.97 Å². The van der Waals surface area contributed by atoms with Crippen LogP contribution < -0.4 is 0 Å². The van der Waals surface area contributed by atoms with Crippen molar-refractivity contribution in [3.05, 3.63) is 70.4 Å². The molecule has 0 aromatic heterocycles. The van der Waals surface area contributed by atoms with Crippen LogP contribution in [0.2, 0.25) is 0 Å². The van der Waals surface area contributed by atoms with Gasteiger partial charge in [0.25, 0.3) is 0 Å². The first kappa shape index (κ1) is 40.6. The van der Waals surface area contributed by atoms with Crippen molar-refractivity contribution in [2.24, 2.45) is 51.8 Å². The monoisotopic (exact) mass is 687 g/mol. The highest BCUT2D eigenvalue weighted by molar-refractivity contribution is 5.81. The predicted molar refractivity (Wildman–Crippen MR) is 213 cm³/mol. The maximum Gasteiger partial charge on any atom is 0.328 e. The van der Waals surface area contributed by atoms with Crippen molar-refractivity contribution in [1.82, 2.24) is 0 Å². The summed E-state index contributed by atoms with van der Waals surface area (Å²) in [5, 5.41) is 18.9. The second kappa shape index (κ2) is 17.1. The van der Waals surface area contributed by atoms with Gasteiger partial charge in [0.05, 0.1) is 6.10 Å². The van der Waals surface area contributed by atoms with Crippen molar-refractivity contribution in [1.29, 1.82) is 0 Å². The Kier molecular flexibility index (Phi) is 13.9. The van der Waals surface area contributed by atoms with Crippen LogP contribution in [-0.4, -0.2) is 22.3 Å². The Morgan fingerprint density at radius 1 is 0.940 bits per heavy atom. The first-order valence-electron chi connectivity index (χ1n) is 20.5. The molecule has 0 aromatic carbocycles. The molecule has 5 aliphatic carbocycles. The van der Waals surface area contributed by atoms with E-state index >= 15 is 0 Å². The molecule has 50 heavy (non-hydrogen) atoms. The Balaban J connectivity index is 0.000000233. The zero-order valence-electron chi connectivity index (χ0n) is 33.8. The standard InChI is InChI=1S/C27H46O.C20H28O2/c1-18(2)7-6-8-19(3)23-11-12-24-22-10-9-20-17-21(28)13-15-26(20,4)25(22)14-16-27(23,24)5;1-15(8-6-9-16(2)14-19(21)22)11-12-18-17(3)10-7-13-20(18,4)5/h9,18-19,21-25,28H,6-8,10-17H2,1-5H3;6,8-9,11-12,14H,7,10,13H2,1-5H3,(H,21,22)/b;9-6+,12-11+,15-8+,16-14+/t19-,21+,22+,23-,24+,25+,26+,27-;/m1./s1. The Labute approximate surface area is 307 Å². The second-order valence-electron chi connectivity index (χ2n) is 18.9. The third-order valence-corrected chi connectivity index (χ3v) is 14.4. The van der Waals surface area contributed by atoms with E-state index in [1.54, 1.807) is 18.6 Å². The van der Waals surface area contributed by atoms with Gasteiger partial charge in [-0.1, -0.05) is 121 Å². The van der Waals surface area contributed by atoms with Crippen molar-refractivity contribution < 1.29 is 15.0 Å². The molecule has 280 valence electrons. The molecule has 0 amide bonds. The largest absolute Gasteiger partial charge is 0.478 e. The highest BCUT2D eigenvalue weighted by Gasteiger charge is 2.59. The lowest BCUT2D eigenvalue weighted by molar-refractivity contribution is -0.131. The van der Waals surface area contributed by atoms with Gasteiger partial charge in [-0.15, -0.1) is 0 Å². The summed E-state index contributed by atoms with van der Waals surface area (Å²) in [5.74, 6) is 4.54. The van der Waals surface area contributed by atoms with E-state index in [4.69, 9.17) is 5.11 Å². The van der Waals surface area contributed by atoms with E-state index in [0.717, 1.165) is 59.5 Å². The van der Waals surface area contributed by atoms with Crippen LogP contribution >= 0.6 is 0 Å². The number of aliphatic carboxylic acids is 1. The molecule has 3 nitrogen and oxygen atoms in total. The highest BCUT2D eigenvalue weighted by Crippen LogP contribution is 2.67. The van der Waals surface area contributed by atoms with Gasteiger partial charge in [-0.3, -0.25) is 0 Å². The van der Waals surface area contributed by atoms with Crippen LogP contribution in [0.4, 0.5) is 0 Å². The summed E-state index contributed by atoms with van der Waals surface area (Å²) in [6, 6.07) is 0. The molecule has 3 fully saturated rings. The molecule has 0 bridgehead atoms. The number of carbonyl (C=O) groups is 1. The lowest BCUT2D eigenvalue weighted by Crippen LogP contribution is -2.50. The van der Waals surface area contributed by atoms with Crippen molar-refractivity contribution in [2.45, 2.75) is 165 Å². The molecular weight excluding hydrogens is 613 g/mol. The van der Waals surface area contributed by atoms with E-state index in [1.165, 1.54) is 94.3 Å². The normalized spacial score (nSPS) is 35.0. The molecule has 0 spiro atoms. The van der Waals surface area contributed by atoms with Crippen LogP contribution in [-0.2, 0) is 4.79 Å². The SMILES string of the molecule is CC(C)CCC[C@@H](C)[C@H]1CC[C@H]2[C@@H]3CC=C4C[C@@H](O)CC[C@]4(C)[C@H]3CC[C@]12C.CC1=C(/C=C/C(C)=C/C=C/C(C)=C/C(=O)O)C(C)(C)CCC1. The summed E-state index contributed by atoms with van der Waals surface area (Å²) in [5.41, 5.74) is 7.70. The Morgan fingerprint density at radius 2 is 1.68 bits per heavy atom. The van der Waals surface area contributed by atoms with Gasteiger partial charge in [0.1, 0.15) is 0 Å². The summed E-state index contributed by atoms with van der Waals surface area (Å²) in [7, 11) is 0. The first-order valence-corrected chi connectivity index (χ1v) is 20.5. The van der Waals surface area contributed by atoms with Gasteiger partial charge in [-0.25, -0.2) is 4.79 Å². The van der Waals surface area contributed by atoms with E-state index in [-0.39, 0.29) is 11.5 Å². The average molecular weight is 687 g/mol. The minimum Gasteiger partial charge on any atom is -0.478 e. The highest BCUT2D eigenvalue weighted by atomic mass is 16.4. The minimum atomic E-state index is -0.912. The van der Waals surface area contributed by atoms with Crippen LogP contribution in [0.15, 0.2) is 70.4 Å². The Morgan fingerprint density at radius 3 is 2.36 bits per heavy atom. The fourth-order valence-corrected chi connectivity index (χ4v) is 11.5. The van der Waals surface area contributed by atoms with Gasteiger partial charge in [-0.2, -0.15) is 0 Å². The smallest absolute Gasteiger partial charge is 0.328 e. The molecule has 0 unspecified atom stereocenters. The maximum atomic E-state index is 10.5. The number of rotatable bonds is 10. The third-order valence-electron chi connectivity index (χ3n) is 14.4. The Bertz CT molecular complexity index is 1370. The van der Waals surface area contributed by atoms with Gasteiger partial charge < -0.3 is 10.2 Å². The van der Waals surface area contributed by atoms with Crippen LogP contribution in [0.1, 0.15) is 159 Å². The summed E-state index contributed by atoms with van der Waals surface area (Å²) >= 11 is 0. The van der Waals surface area contributed by atoms with Gasteiger partial charge in [-0.05, 0) is 154 Å². The molecule has 3 heteroatoms. The lowest BCUT2D eigenvalue weighted by Gasteiger charge is -2.58. The van der Waals surface area contributed by atoms with Crippen LogP contribution in [0.5, 0.6) is 0 Å². The van der Waals surface area contributed by atoms with Crippen molar-refractivity contribution in [2.75, 3.05) is 0 Å². The van der Waals surface area contributed by atoms with E-state index in [2.05, 4.69) is 80.5 Å². The molecule has 0 saturated heterocycles. The van der Waals surface area contributed by atoms with Crippen LogP contribution in [0.25, 0.3) is 0 Å². The molecule has 8 atom stereocenters. The topological polar surface area (TPSA) is 57.5 Å². The Hall–Kier alpha value is -2.13. The molecule has 2 N–H and O–H groups in total. The summed E-state index contributed by atoms with van der Waals surface area (Å²) in [6.45, 7) is 23.3. The molecule has 5 rings (SSSR count). The fraction of sp³-hybridized carbons (Fsp3) is 0.723. The van der Waals surface area contributed by atoms with Gasteiger partial charge in [0.2, 0.25) is 0 Å². The molecule has 0 heterocycles. The maximum absolute atomic E-state index is 10.5. The van der Waals surface area contributed by atoms with Gasteiger partial charge in [0.15, 0.2) is 0 Å². The van der Waals surface area contributed by atoms with E-state index in [1.807, 2.05) is 12.2 Å². The van der Waals surface area contributed by atoms with Crippen LogP contribution in [0, 0.1) is 51.8 Å². The second-order valence-corrected chi connectivity index (χ2v) is 18.9. The zero-order chi connectivity index (χ0) is 36.9. The molecule has 0 radical (unpaired) electrons. The number of hydrogen-bond acceptors (Lipinski definition) is 2. The minimum absolute atomic E-state index is 0.0766. The number of aliphatic hydroxyl groups excluding tert-OH is 1. The number of carboxylic acids is 1. The van der Waals surface area contributed by atoms with Crippen LogP contribution in [0.3, 0.4) is 0 Å². The number of fused-ring (bicyclic) bond motifs is 5. The van der Waals surface area contributed by atoms with E-state index in [0.29, 0.717) is 10.8 Å². The van der Waals surface area contributed by atoms with Crippen molar-refractivity contribution in [3.63, 3.8) is 0 Å². The number of allylic oxidation sites excluding steroid dienone is 10. The van der Waals surface area contributed by atoms with Gasteiger partial charge >= 0.3 is 5.97 Å². The van der Waals surface area contributed by atoms with E-state index in [9.17, 15) is 9.90 Å². The number of hydrogen-bond donors (Lipinski definition) is 2. The molecule has 0 aromatic rings. The number of carboxylic acid groups (broad SMARTS) is 1. The number of aliphatic hydroxyl groups is 1. The average Bonchev–Trinajstić information content (AvgIpc) is 3.38. The molecule has 5 aliphatic rings. The summed E-state index contributed by atoms with van der Waals surface area (Å²) in [6.07, 6.45) is 32.2. The fourth-order valence-electron chi connectivity index (χ4n) is 11.5. The molecule has 3 saturated carbocycles. The quantitative estimate of drug-likeness (QED) is 0.137. The lowest BCUT2D eigenvalue weighted by atomic mass is 9.47. The predicted octanol–water partition coefficient (Wildman–Crippen LogP) is 13.0. The molecular formula is C47H74O3. The summed E-state index contributed by atoms with van der Waals surface area (Å²) < 4.78 is 0. The molecule has 0 aliphatic heterocycles. The van der Waals surface area contributed by atoms with Crippen molar-refractivity contribution in [3.8, 4) is 0 Å². The zero-order valence-corrected chi connectivity index (χ0v) is 33.8. The third kappa shape index (κ3) is 9.64. The first-order chi connectivity index (χ1) is 23.5. The van der Waals surface area contributed by atoms with Gasteiger partial charge in [0, 0.05) is 6.08 Å². The summed E-state index contributed by atoms with van der Waals surface area (Å²) in [4.78, 5) is 10.5.